The Morgan fingerprint density at radius 1 is 1.15 bits per heavy atom. The van der Waals surface area contributed by atoms with Crippen LogP contribution in [0.25, 0.3) is 16.7 Å². The van der Waals surface area contributed by atoms with Crippen molar-refractivity contribution in [2.24, 2.45) is 0 Å². The summed E-state index contributed by atoms with van der Waals surface area (Å²) in [4.78, 5) is 18.8. The van der Waals surface area contributed by atoms with Crippen LogP contribution in [-0.4, -0.2) is 35.0 Å². The van der Waals surface area contributed by atoms with Crippen molar-refractivity contribution in [2.75, 3.05) is 13.1 Å². The minimum atomic E-state index is 0.0223. The fourth-order valence-electron chi connectivity index (χ4n) is 3.73. The number of amides is 2. The molecule has 1 aliphatic heterocycles. The number of hydrogen-bond donors (Lipinski definition) is 1. The van der Waals surface area contributed by atoms with Crippen LogP contribution in [0.5, 0.6) is 0 Å². The molecule has 0 atom stereocenters. The van der Waals surface area contributed by atoms with E-state index in [0.29, 0.717) is 6.54 Å². The fourth-order valence-corrected chi connectivity index (χ4v) is 3.73. The van der Waals surface area contributed by atoms with Crippen LogP contribution in [0.3, 0.4) is 0 Å². The Bertz CT molecular complexity index is 912. The Kier molecular flexibility index (Phi) is 4.80. The van der Waals surface area contributed by atoms with Gasteiger partial charge in [-0.1, -0.05) is 42.5 Å². The minimum absolute atomic E-state index is 0.0223. The second kappa shape index (κ2) is 7.39. The minimum Gasteiger partial charge on any atom is -0.336 e. The molecule has 2 heterocycles. The highest BCUT2D eigenvalue weighted by Crippen LogP contribution is 2.36. The molecule has 2 aromatic rings. The van der Waals surface area contributed by atoms with Gasteiger partial charge >= 0.3 is 6.03 Å². The molecule has 0 fully saturated rings. The van der Waals surface area contributed by atoms with Gasteiger partial charge in [-0.15, -0.1) is 0 Å². The maximum atomic E-state index is 12.2. The van der Waals surface area contributed by atoms with E-state index in [2.05, 4.69) is 47.8 Å². The van der Waals surface area contributed by atoms with E-state index in [9.17, 15) is 4.79 Å². The number of carbonyl (C=O) groups excluding carboxylic acids is 1. The molecule has 0 spiro atoms. The molecule has 4 heteroatoms. The molecular weight excluding hydrogens is 334 g/mol. The molecule has 1 aromatic carbocycles. The molecule has 0 bridgehead atoms. The molecule has 1 aromatic heterocycles. The first-order valence-corrected chi connectivity index (χ1v) is 9.61. The van der Waals surface area contributed by atoms with Gasteiger partial charge in [-0.05, 0) is 43.0 Å². The third-order valence-corrected chi connectivity index (χ3v) is 5.12. The third-order valence-electron chi connectivity index (χ3n) is 5.12. The topological polar surface area (TPSA) is 45.2 Å². The van der Waals surface area contributed by atoms with E-state index in [1.165, 1.54) is 22.3 Å². The number of nitrogens with zero attached hydrogens (tertiary/aromatic N) is 2. The van der Waals surface area contributed by atoms with E-state index in [-0.39, 0.29) is 12.1 Å². The Labute approximate surface area is 160 Å². The van der Waals surface area contributed by atoms with Crippen molar-refractivity contribution in [1.82, 2.24) is 15.2 Å². The highest BCUT2D eigenvalue weighted by Gasteiger charge is 2.23. The molecule has 4 nitrogen and oxygen atoms in total. The lowest BCUT2D eigenvalue weighted by Crippen LogP contribution is -2.44. The SMILES string of the molecule is CC(C)NC(=O)N1CC=C(C2=CCc3ncc(-c4ccccc4)cc32)CC1. The number of hydrogen-bond acceptors (Lipinski definition) is 2. The molecule has 0 radical (unpaired) electrons. The third kappa shape index (κ3) is 3.65. The van der Waals surface area contributed by atoms with E-state index in [1.54, 1.807) is 0 Å². The lowest BCUT2D eigenvalue weighted by Gasteiger charge is -2.28. The zero-order valence-electron chi connectivity index (χ0n) is 15.9. The number of allylic oxidation sites excluding steroid dienone is 2. The van der Waals surface area contributed by atoms with Crippen LogP contribution >= 0.6 is 0 Å². The molecule has 0 saturated heterocycles. The highest BCUT2D eigenvalue weighted by atomic mass is 16.2. The average Bonchev–Trinajstić information content (AvgIpc) is 3.11. The molecule has 1 N–H and O–H groups in total. The summed E-state index contributed by atoms with van der Waals surface area (Å²) in [5, 5.41) is 2.97. The normalized spacial score (nSPS) is 16.0. The summed E-state index contributed by atoms with van der Waals surface area (Å²) in [6.45, 7) is 5.39. The van der Waals surface area contributed by atoms with Crippen LogP contribution in [0.4, 0.5) is 4.79 Å². The molecule has 2 amide bonds. The Morgan fingerprint density at radius 3 is 2.67 bits per heavy atom. The number of rotatable bonds is 3. The second-order valence-electron chi connectivity index (χ2n) is 7.44. The van der Waals surface area contributed by atoms with Gasteiger partial charge in [0.15, 0.2) is 0 Å². The van der Waals surface area contributed by atoms with Gasteiger partial charge in [-0.25, -0.2) is 4.79 Å². The predicted octanol–water partition coefficient (Wildman–Crippen LogP) is 4.44. The lowest BCUT2D eigenvalue weighted by atomic mass is 9.94. The maximum Gasteiger partial charge on any atom is 0.317 e. The second-order valence-corrected chi connectivity index (χ2v) is 7.44. The molecule has 1 aliphatic carbocycles. The average molecular weight is 359 g/mol. The Morgan fingerprint density at radius 2 is 1.96 bits per heavy atom. The van der Waals surface area contributed by atoms with Gasteiger partial charge in [0.05, 0.1) is 5.69 Å². The largest absolute Gasteiger partial charge is 0.336 e. The number of fused-ring (bicyclic) bond motifs is 1. The van der Waals surface area contributed by atoms with E-state index < -0.39 is 0 Å². The van der Waals surface area contributed by atoms with Crippen molar-refractivity contribution in [1.29, 1.82) is 0 Å². The fraction of sp³-hybridized carbons (Fsp3) is 0.304. The van der Waals surface area contributed by atoms with E-state index in [0.717, 1.165) is 30.6 Å². The van der Waals surface area contributed by atoms with Crippen LogP contribution in [0.15, 0.2) is 60.3 Å². The Balaban J connectivity index is 1.55. The number of carbonyl (C=O) groups is 1. The van der Waals surface area contributed by atoms with Gasteiger partial charge in [-0.3, -0.25) is 4.98 Å². The molecule has 4 rings (SSSR count). The molecule has 2 aliphatic rings. The van der Waals surface area contributed by atoms with Gasteiger partial charge in [0.25, 0.3) is 0 Å². The number of benzene rings is 1. The Hall–Kier alpha value is -2.88. The summed E-state index contributed by atoms with van der Waals surface area (Å²) in [6, 6.07) is 12.8. The van der Waals surface area contributed by atoms with Gasteiger partial charge in [0.1, 0.15) is 0 Å². The predicted molar refractivity (Wildman–Crippen MR) is 109 cm³/mol. The number of pyridine rings is 1. The van der Waals surface area contributed by atoms with Crippen molar-refractivity contribution < 1.29 is 4.79 Å². The first-order chi connectivity index (χ1) is 13.1. The molecule has 0 unspecified atom stereocenters. The van der Waals surface area contributed by atoms with Crippen LogP contribution in [0.2, 0.25) is 0 Å². The summed E-state index contributed by atoms with van der Waals surface area (Å²) in [5.41, 5.74) is 7.34. The maximum absolute atomic E-state index is 12.2. The first-order valence-electron chi connectivity index (χ1n) is 9.61. The van der Waals surface area contributed by atoms with Crippen LogP contribution in [-0.2, 0) is 6.42 Å². The summed E-state index contributed by atoms with van der Waals surface area (Å²) >= 11 is 0. The van der Waals surface area contributed by atoms with Gasteiger partial charge in [-0.2, -0.15) is 0 Å². The van der Waals surface area contributed by atoms with Crippen molar-refractivity contribution in [3.05, 3.63) is 71.6 Å². The summed E-state index contributed by atoms with van der Waals surface area (Å²) in [6.07, 6.45) is 8.21. The van der Waals surface area contributed by atoms with Crippen LogP contribution < -0.4 is 5.32 Å². The van der Waals surface area contributed by atoms with E-state index in [4.69, 9.17) is 4.98 Å². The smallest absolute Gasteiger partial charge is 0.317 e. The van der Waals surface area contributed by atoms with Crippen molar-refractivity contribution in [3.8, 4) is 11.1 Å². The van der Waals surface area contributed by atoms with Crippen molar-refractivity contribution in [3.63, 3.8) is 0 Å². The lowest BCUT2D eigenvalue weighted by molar-refractivity contribution is 0.199. The number of urea groups is 1. The van der Waals surface area contributed by atoms with Gasteiger partial charge < -0.3 is 10.2 Å². The van der Waals surface area contributed by atoms with E-state index >= 15 is 0 Å². The van der Waals surface area contributed by atoms with E-state index in [1.807, 2.05) is 31.0 Å². The highest BCUT2D eigenvalue weighted by molar-refractivity contribution is 5.86. The standard InChI is InChI=1S/C23H25N3O/c1-16(2)25-23(27)26-12-10-18(11-13-26)20-8-9-22-21(20)14-19(15-24-22)17-6-4-3-5-7-17/h3-8,10,14-16H,9,11-13H2,1-2H3,(H,25,27). The van der Waals surface area contributed by atoms with Gasteiger partial charge in [0, 0.05) is 42.9 Å². The summed E-state index contributed by atoms with van der Waals surface area (Å²) < 4.78 is 0. The molecular formula is C23H25N3O. The van der Waals surface area contributed by atoms with Crippen molar-refractivity contribution >= 4 is 11.6 Å². The van der Waals surface area contributed by atoms with Crippen LogP contribution in [0, 0.1) is 0 Å². The number of aromatic nitrogens is 1. The first kappa shape index (κ1) is 17.5. The molecule has 138 valence electrons. The zero-order valence-corrected chi connectivity index (χ0v) is 15.9. The number of nitrogens with one attached hydrogen (secondary N) is 1. The van der Waals surface area contributed by atoms with Crippen LogP contribution in [0.1, 0.15) is 31.5 Å². The quantitative estimate of drug-likeness (QED) is 0.881. The van der Waals surface area contributed by atoms with Crippen molar-refractivity contribution in [2.45, 2.75) is 32.7 Å². The zero-order chi connectivity index (χ0) is 18.8. The van der Waals surface area contributed by atoms with Gasteiger partial charge in [0.2, 0.25) is 0 Å². The monoisotopic (exact) mass is 359 g/mol. The molecule has 27 heavy (non-hydrogen) atoms. The summed E-state index contributed by atoms with van der Waals surface area (Å²) in [7, 11) is 0. The summed E-state index contributed by atoms with van der Waals surface area (Å²) in [5.74, 6) is 0. The molecule has 0 saturated carbocycles.